The molecule has 0 aliphatic carbocycles. The minimum atomic E-state index is -0.499. The number of hydrogen-bond acceptors (Lipinski definition) is 5. The Hall–Kier alpha value is -2.21. The Morgan fingerprint density at radius 3 is 2.68 bits per heavy atom. The monoisotopic (exact) mass is 276 g/mol. The zero-order chi connectivity index (χ0) is 13.8. The van der Waals surface area contributed by atoms with Crippen molar-refractivity contribution in [2.45, 2.75) is 10.6 Å². The van der Waals surface area contributed by atoms with Crippen molar-refractivity contribution in [1.82, 2.24) is 0 Å². The van der Waals surface area contributed by atoms with Gasteiger partial charge >= 0.3 is 0 Å². The lowest BCUT2D eigenvalue weighted by Gasteiger charge is -2.04. The third-order valence-corrected chi connectivity index (χ3v) is 3.58. The lowest BCUT2D eigenvalue weighted by atomic mass is 10.2. The quantitative estimate of drug-likeness (QED) is 0.387. The van der Waals surface area contributed by atoms with Gasteiger partial charge in [-0.1, -0.05) is 12.1 Å². The first-order chi connectivity index (χ1) is 9.06. The fraction of sp³-hybridized carbons (Fsp3) is 0.0769. The van der Waals surface area contributed by atoms with Gasteiger partial charge in [0, 0.05) is 16.7 Å². The summed E-state index contributed by atoms with van der Waals surface area (Å²) in [6, 6.07) is 11.6. The van der Waals surface area contributed by atoms with Gasteiger partial charge in [-0.05, 0) is 29.8 Å². The van der Waals surface area contributed by atoms with Crippen LogP contribution in [0.4, 0.5) is 11.4 Å². The molecule has 0 aliphatic heterocycles. The Kier molecular flexibility index (Phi) is 3.91. The summed E-state index contributed by atoms with van der Waals surface area (Å²) in [5.74, 6) is 0.847. The number of nitrogen functional groups attached to an aromatic ring is 1. The van der Waals surface area contributed by atoms with Crippen LogP contribution >= 0.6 is 11.8 Å². The van der Waals surface area contributed by atoms with E-state index in [1.807, 2.05) is 6.07 Å². The molecule has 19 heavy (non-hydrogen) atoms. The zero-order valence-electron chi connectivity index (χ0n) is 9.95. The van der Waals surface area contributed by atoms with Gasteiger partial charge < -0.3 is 10.8 Å². The topological polar surface area (TPSA) is 89.4 Å². The number of anilines is 1. The highest BCUT2D eigenvalue weighted by atomic mass is 32.2. The molecule has 98 valence electrons. The third-order valence-electron chi connectivity index (χ3n) is 2.51. The SMILES string of the molecule is Nc1cc(CSc2cccc(O)c2)ccc1[N+](=O)[O-]. The van der Waals surface area contributed by atoms with E-state index in [4.69, 9.17) is 5.73 Å². The molecule has 0 aromatic heterocycles. The standard InChI is InChI=1S/C13H12N2O3S/c14-12-6-9(4-5-13(12)15(17)18)8-19-11-3-1-2-10(16)7-11/h1-7,16H,8,14H2. The molecule has 0 aliphatic rings. The highest BCUT2D eigenvalue weighted by Crippen LogP contribution is 2.28. The van der Waals surface area contributed by atoms with E-state index in [1.54, 1.807) is 30.3 Å². The third kappa shape index (κ3) is 3.38. The molecule has 2 aromatic rings. The fourth-order valence-electron chi connectivity index (χ4n) is 1.60. The van der Waals surface area contributed by atoms with Gasteiger partial charge in [0.1, 0.15) is 11.4 Å². The Morgan fingerprint density at radius 1 is 1.26 bits per heavy atom. The molecule has 2 rings (SSSR count). The van der Waals surface area contributed by atoms with Crippen molar-refractivity contribution in [3.8, 4) is 5.75 Å². The Balaban J connectivity index is 2.08. The van der Waals surface area contributed by atoms with E-state index in [0.29, 0.717) is 5.75 Å². The Morgan fingerprint density at radius 2 is 2.05 bits per heavy atom. The van der Waals surface area contributed by atoms with Crippen LogP contribution in [0.1, 0.15) is 5.56 Å². The first-order valence-corrected chi connectivity index (χ1v) is 6.49. The van der Waals surface area contributed by atoms with Crippen LogP contribution in [0, 0.1) is 10.1 Å². The number of rotatable bonds is 4. The van der Waals surface area contributed by atoms with Crippen molar-refractivity contribution in [3.05, 3.63) is 58.1 Å². The van der Waals surface area contributed by atoms with Crippen molar-refractivity contribution in [2.75, 3.05) is 5.73 Å². The second-order valence-electron chi connectivity index (χ2n) is 3.94. The van der Waals surface area contributed by atoms with Gasteiger partial charge in [-0.25, -0.2) is 0 Å². The van der Waals surface area contributed by atoms with E-state index in [0.717, 1.165) is 10.5 Å². The Bertz CT molecular complexity index is 617. The first kappa shape index (κ1) is 13.2. The summed E-state index contributed by atoms with van der Waals surface area (Å²) in [6.07, 6.45) is 0. The van der Waals surface area contributed by atoms with Crippen molar-refractivity contribution in [1.29, 1.82) is 0 Å². The van der Waals surface area contributed by atoms with Crippen LogP contribution < -0.4 is 5.73 Å². The van der Waals surface area contributed by atoms with E-state index in [2.05, 4.69) is 0 Å². The van der Waals surface area contributed by atoms with Crippen LogP contribution in [0.3, 0.4) is 0 Å². The molecular formula is C13H12N2O3S. The number of phenolic OH excluding ortho intramolecular Hbond substituents is 1. The van der Waals surface area contributed by atoms with Crippen molar-refractivity contribution in [3.63, 3.8) is 0 Å². The first-order valence-electron chi connectivity index (χ1n) is 5.51. The number of nitrogens with zero attached hydrogens (tertiary/aromatic N) is 1. The maximum atomic E-state index is 10.6. The van der Waals surface area contributed by atoms with Crippen LogP contribution in [0.2, 0.25) is 0 Å². The molecular weight excluding hydrogens is 264 g/mol. The highest BCUT2D eigenvalue weighted by molar-refractivity contribution is 7.98. The number of hydrogen-bond donors (Lipinski definition) is 2. The average Bonchev–Trinajstić information content (AvgIpc) is 2.36. The van der Waals surface area contributed by atoms with Crippen LogP contribution in [-0.2, 0) is 5.75 Å². The summed E-state index contributed by atoms with van der Waals surface area (Å²) in [4.78, 5) is 11.1. The molecule has 0 unspecified atom stereocenters. The van der Waals surface area contributed by atoms with Gasteiger partial charge in [-0.3, -0.25) is 10.1 Å². The molecule has 0 heterocycles. The molecule has 0 fully saturated rings. The smallest absolute Gasteiger partial charge is 0.292 e. The number of nitro benzene ring substituents is 1. The highest BCUT2D eigenvalue weighted by Gasteiger charge is 2.11. The molecule has 6 heteroatoms. The van der Waals surface area contributed by atoms with E-state index < -0.39 is 4.92 Å². The molecule has 3 N–H and O–H groups in total. The van der Waals surface area contributed by atoms with Crippen LogP contribution in [0.5, 0.6) is 5.75 Å². The normalized spacial score (nSPS) is 10.3. The van der Waals surface area contributed by atoms with Gasteiger partial charge in [0.15, 0.2) is 0 Å². The van der Waals surface area contributed by atoms with Gasteiger partial charge in [0.05, 0.1) is 4.92 Å². The number of thioether (sulfide) groups is 1. The Labute approximate surface area is 114 Å². The van der Waals surface area contributed by atoms with E-state index >= 15 is 0 Å². The molecule has 0 radical (unpaired) electrons. The summed E-state index contributed by atoms with van der Waals surface area (Å²) in [6.45, 7) is 0. The summed E-state index contributed by atoms with van der Waals surface area (Å²) >= 11 is 1.53. The molecule has 2 aromatic carbocycles. The number of aromatic hydroxyl groups is 1. The van der Waals surface area contributed by atoms with E-state index in [9.17, 15) is 15.2 Å². The fourth-order valence-corrected chi connectivity index (χ4v) is 2.49. The summed E-state index contributed by atoms with van der Waals surface area (Å²) in [5.41, 5.74) is 6.61. The van der Waals surface area contributed by atoms with Gasteiger partial charge in [0.2, 0.25) is 0 Å². The van der Waals surface area contributed by atoms with Crippen molar-refractivity contribution >= 4 is 23.1 Å². The predicted molar refractivity (Wildman–Crippen MR) is 75.2 cm³/mol. The summed E-state index contributed by atoms with van der Waals surface area (Å²) in [5, 5.41) is 20.0. The van der Waals surface area contributed by atoms with Gasteiger partial charge in [0.25, 0.3) is 5.69 Å². The summed E-state index contributed by atoms with van der Waals surface area (Å²) < 4.78 is 0. The molecule has 5 nitrogen and oxygen atoms in total. The number of nitro groups is 1. The minimum absolute atomic E-state index is 0.0777. The van der Waals surface area contributed by atoms with Crippen molar-refractivity contribution < 1.29 is 10.0 Å². The maximum Gasteiger partial charge on any atom is 0.292 e. The van der Waals surface area contributed by atoms with Crippen LogP contribution in [0.15, 0.2) is 47.4 Å². The largest absolute Gasteiger partial charge is 0.508 e. The molecule has 0 saturated carbocycles. The van der Waals surface area contributed by atoms with E-state index in [1.165, 1.54) is 17.8 Å². The molecule has 0 atom stereocenters. The molecule has 0 spiro atoms. The maximum absolute atomic E-state index is 10.6. The van der Waals surface area contributed by atoms with E-state index in [-0.39, 0.29) is 17.1 Å². The summed E-state index contributed by atoms with van der Waals surface area (Å²) in [7, 11) is 0. The molecule has 0 saturated heterocycles. The predicted octanol–water partition coefficient (Wildman–Crippen LogP) is 3.17. The van der Waals surface area contributed by atoms with Gasteiger partial charge in [-0.2, -0.15) is 0 Å². The zero-order valence-corrected chi connectivity index (χ0v) is 10.8. The second kappa shape index (κ2) is 5.62. The van der Waals surface area contributed by atoms with Gasteiger partial charge in [-0.15, -0.1) is 11.8 Å². The lowest BCUT2D eigenvalue weighted by molar-refractivity contribution is -0.383. The van der Waals surface area contributed by atoms with Crippen LogP contribution in [0.25, 0.3) is 0 Å². The minimum Gasteiger partial charge on any atom is -0.508 e. The number of phenols is 1. The van der Waals surface area contributed by atoms with Crippen LogP contribution in [-0.4, -0.2) is 10.0 Å². The lowest BCUT2D eigenvalue weighted by Crippen LogP contribution is -1.96. The number of benzene rings is 2. The second-order valence-corrected chi connectivity index (χ2v) is 4.99. The molecule has 0 bridgehead atoms. The number of nitrogens with two attached hydrogens (primary N) is 1. The molecule has 0 amide bonds. The van der Waals surface area contributed by atoms with Crippen molar-refractivity contribution in [2.24, 2.45) is 0 Å². The average molecular weight is 276 g/mol.